The highest BCUT2D eigenvalue weighted by atomic mass is 19.1. The molecule has 0 N–H and O–H groups in total. The summed E-state index contributed by atoms with van der Waals surface area (Å²) in [6, 6.07) is 6.54. The Morgan fingerprint density at radius 2 is 1.81 bits per heavy atom. The van der Waals surface area contributed by atoms with E-state index >= 15 is 0 Å². The number of halogens is 2. The van der Waals surface area contributed by atoms with Gasteiger partial charge in [0.25, 0.3) is 0 Å². The van der Waals surface area contributed by atoms with Crippen LogP contribution >= 0.6 is 0 Å². The molecule has 0 saturated carbocycles. The minimum atomic E-state index is -0.517. The van der Waals surface area contributed by atoms with Gasteiger partial charge in [-0.05, 0) is 31.5 Å². The number of rotatable bonds is 1. The lowest BCUT2D eigenvalue weighted by Crippen LogP contribution is -1.91. The fourth-order valence-electron chi connectivity index (χ4n) is 1.56. The SMILES string of the molecule is Cc1ccc(-c2cnc(F)c(C)c2)c(F)c1. The molecule has 0 unspecified atom stereocenters. The minimum Gasteiger partial charge on any atom is -0.227 e. The van der Waals surface area contributed by atoms with Crippen molar-refractivity contribution in [3.63, 3.8) is 0 Å². The Hall–Kier alpha value is -1.77. The largest absolute Gasteiger partial charge is 0.227 e. The van der Waals surface area contributed by atoms with Gasteiger partial charge in [0.2, 0.25) is 5.95 Å². The van der Waals surface area contributed by atoms with Gasteiger partial charge in [0.1, 0.15) is 5.82 Å². The van der Waals surface area contributed by atoms with Crippen molar-refractivity contribution in [3.05, 3.63) is 53.4 Å². The lowest BCUT2D eigenvalue weighted by Gasteiger charge is -2.05. The highest BCUT2D eigenvalue weighted by molar-refractivity contribution is 5.64. The van der Waals surface area contributed by atoms with Gasteiger partial charge in [-0.15, -0.1) is 0 Å². The van der Waals surface area contributed by atoms with Crippen LogP contribution in [0.2, 0.25) is 0 Å². The average Bonchev–Trinajstić information content (AvgIpc) is 2.22. The Kier molecular flexibility index (Phi) is 2.69. The third-order valence-electron chi connectivity index (χ3n) is 2.45. The van der Waals surface area contributed by atoms with Gasteiger partial charge in [0, 0.05) is 22.9 Å². The molecule has 1 aromatic carbocycles. The van der Waals surface area contributed by atoms with Crippen molar-refractivity contribution >= 4 is 0 Å². The van der Waals surface area contributed by atoms with E-state index in [1.807, 2.05) is 13.0 Å². The van der Waals surface area contributed by atoms with Crippen LogP contribution in [0.3, 0.4) is 0 Å². The number of nitrogens with zero attached hydrogens (tertiary/aromatic N) is 1. The molecule has 16 heavy (non-hydrogen) atoms. The zero-order chi connectivity index (χ0) is 11.7. The van der Waals surface area contributed by atoms with Crippen molar-refractivity contribution in [1.29, 1.82) is 0 Å². The number of pyridine rings is 1. The zero-order valence-electron chi connectivity index (χ0n) is 9.09. The molecule has 0 spiro atoms. The standard InChI is InChI=1S/C13H11F2N/c1-8-3-4-11(12(14)5-8)10-6-9(2)13(15)16-7-10/h3-7H,1-2H3. The summed E-state index contributed by atoms with van der Waals surface area (Å²) in [6.45, 7) is 3.43. The van der Waals surface area contributed by atoms with Crippen molar-refractivity contribution < 1.29 is 8.78 Å². The Morgan fingerprint density at radius 3 is 2.44 bits per heavy atom. The maximum Gasteiger partial charge on any atom is 0.215 e. The maximum absolute atomic E-state index is 13.6. The first kappa shape index (κ1) is 10.7. The fourth-order valence-corrected chi connectivity index (χ4v) is 1.56. The summed E-state index contributed by atoms with van der Waals surface area (Å²) in [5, 5.41) is 0. The third kappa shape index (κ3) is 1.94. The second-order valence-electron chi connectivity index (χ2n) is 3.82. The predicted molar refractivity (Wildman–Crippen MR) is 59.1 cm³/mol. The van der Waals surface area contributed by atoms with Crippen LogP contribution in [-0.2, 0) is 0 Å². The van der Waals surface area contributed by atoms with E-state index in [2.05, 4.69) is 4.98 Å². The van der Waals surface area contributed by atoms with Crippen LogP contribution in [-0.4, -0.2) is 4.98 Å². The van der Waals surface area contributed by atoms with Crippen molar-refractivity contribution in [2.45, 2.75) is 13.8 Å². The second-order valence-corrected chi connectivity index (χ2v) is 3.82. The molecule has 1 aromatic heterocycles. The van der Waals surface area contributed by atoms with Gasteiger partial charge in [-0.1, -0.05) is 12.1 Å². The van der Waals surface area contributed by atoms with Crippen LogP contribution in [0, 0.1) is 25.6 Å². The van der Waals surface area contributed by atoms with Crippen molar-refractivity contribution in [2.24, 2.45) is 0 Å². The smallest absolute Gasteiger partial charge is 0.215 e. The van der Waals surface area contributed by atoms with Crippen molar-refractivity contribution in [1.82, 2.24) is 4.98 Å². The molecule has 0 fully saturated rings. The summed E-state index contributed by atoms with van der Waals surface area (Å²) in [6.07, 6.45) is 1.34. The number of hydrogen-bond donors (Lipinski definition) is 0. The maximum atomic E-state index is 13.6. The summed E-state index contributed by atoms with van der Waals surface area (Å²) in [5.74, 6) is -0.830. The van der Waals surface area contributed by atoms with Crippen molar-refractivity contribution in [3.8, 4) is 11.1 Å². The van der Waals surface area contributed by atoms with Gasteiger partial charge in [-0.3, -0.25) is 0 Å². The van der Waals surface area contributed by atoms with E-state index in [0.717, 1.165) is 5.56 Å². The summed E-state index contributed by atoms with van der Waals surface area (Å²) >= 11 is 0. The Bertz CT molecular complexity index is 535. The monoisotopic (exact) mass is 219 g/mol. The van der Waals surface area contributed by atoms with Crippen LogP contribution in [0.25, 0.3) is 11.1 Å². The predicted octanol–water partition coefficient (Wildman–Crippen LogP) is 3.64. The lowest BCUT2D eigenvalue weighted by atomic mass is 10.0. The Morgan fingerprint density at radius 1 is 1.06 bits per heavy atom. The van der Waals surface area contributed by atoms with Gasteiger partial charge in [-0.2, -0.15) is 4.39 Å². The first-order valence-electron chi connectivity index (χ1n) is 4.96. The van der Waals surface area contributed by atoms with Crippen LogP contribution in [0.1, 0.15) is 11.1 Å². The van der Waals surface area contributed by atoms with E-state index in [4.69, 9.17) is 0 Å². The summed E-state index contributed by atoms with van der Waals surface area (Å²) in [4.78, 5) is 3.59. The molecule has 0 aliphatic rings. The molecule has 2 rings (SSSR count). The first-order chi connectivity index (χ1) is 7.58. The van der Waals surface area contributed by atoms with E-state index in [-0.39, 0.29) is 5.82 Å². The van der Waals surface area contributed by atoms with Crippen LogP contribution in [0.4, 0.5) is 8.78 Å². The highest BCUT2D eigenvalue weighted by Gasteiger charge is 2.07. The molecule has 1 heterocycles. The molecule has 1 nitrogen and oxygen atoms in total. The topological polar surface area (TPSA) is 12.9 Å². The molecule has 0 radical (unpaired) electrons. The fraction of sp³-hybridized carbons (Fsp3) is 0.154. The van der Waals surface area contributed by atoms with E-state index in [1.165, 1.54) is 12.3 Å². The minimum absolute atomic E-state index is 0.312. The molecule has 0 atom stereocenters. The number of hydrogen-bond acceptors (Lipinski definition) is 1. The quantitative estimate of drug-likeness (QED) is 0.667. The molecule has 82 valence electrons. The van der Waals surface area contributed by atoms with Crippen LogP contribution < -0.4 is 0 Å². The van der Waals surface area contributed by atoms with Crippen LogP contribution in [0.5, 0.6) is 0 Å². The molecule has 0 aliphatic heterocycles. The highest BCUT2D eigenvalue weighted by Crippen LogP contribution is 2.24. The molecule has 0 saturated heterocycles. The summed E-state index contributed by atoms with van der Waals surface area (Å²) in [5.41, 5.74) is 2.31. The molecular weight excluding hydrogens is 208 g/mol. The van der Waals surface area contributed by atoms with E-state index in [9.17, 15) is 8.78 Å². The number of aryl methyl sites for hydroxylation is 2. The average molecular weight is 219 g/mol. The molecule has 0 aliphatic carbocycles. The first-order valence-corrected chi connectivity index (χ1v) is 4.96. The summed E-state index contributed by atoms with van der Waals surface area (Å²) < 4.78 is 26.6. The molecule has 3 heteroatoms. The van der Waals surface area contributed by atoms with Gasteiger partial charge in [0.05, 0.1) is 0 Å². The number of aromatic nitrogens is 1. The van der Waals surface area contributed by atoms with E-state index < -0.39 is 5.95 Å². The van der Waals surface area contributed by atoms with Crippen LogP contribution in [0.15, 0.2) is 30.5 Å². The van der Waals surface area contributed by atoms with Crippen molar-refractivity contribution in [2.75, 3.05) is 0 Å². The van der Waals surface area contributed by atoms with Gasteiger partial charge in [-0.25, -0.2) is 9.37 Å². The van der Waals surface area contributed by atoms with Gasteiger partial charge >= 0.3 is 0 Å². The van der Waals surface area contributed by atoms with E-state index in [1.54, 1.807) is 19.1 Å². The number of benzene rings is 1. The molecular formula is C13H11F2N. The normalized spacial score (nSPS) is 10.5. The van der Waals surface area contributed by atoms with Gasteiger partial charge in [0.15, 0.2) is 0 Å². The van der Waals surface area contributed by atoms with E-state index in [0.29, 0.717) is 16.7 Å². The second kappa shape index (κ2) is 4.00. The molecule has 2 aromatic rings. The molecule has 0 amide bonds. The zero-order valence-corrected chi connectivity index (χ0v) is 9.09. The Labute approximate surface area is 92.8 Å². The third-order valence-corrected chi connectivity index (χ3v) is 2.45. The van der Waals surface area contributed by atoms with Gasteiger partial charge < -0.3 is 0 Å². The lowest BCUT2D eigenvalue weighted by molar-refractivity contribution is 0.574. The summed E-state index contributed by atoms with van der Waals surface area (Å²) in [7, 11) is 0. The molecule has 0 bridgehead atoms. The Balaban J connectivity index is 2.54.